The topological polar surface area (TPSA) is 116 Å². The van der Waals surface area contributed by atoms with Crippen molar-refractivity contribution in [2.75, 3.05) is 5.32 Å². The minimum absolute atomic E-state index is 0.203. The molecule has 0 saturated heterocycles. The molecule has 148 valence electrons. The van der Waals surface area contributed by atoms with Crippen LogP contribution in [0.4, 0.5) is 5.82 Å². The van der Waals surface area contributed by atoms with Crippen molar-refractivity contribution in [3.8, 4) is 0 Å². The van der Waals surface area contributed by atoms with Gasteiger partial charge in [0, 0.05) is 23.7 Å². The number of carbonyl (C=O) groups excluding carboxylic acids is 1. The van der Waals surface area contributed by atoms with Gasteiger partial charge in [-0.15, -0.1) is 0 Å². The third-order valence-corrected chi connectivity index (χ3v) is 5.94. The number of benzene rings is 1. The number of nitrogens with zero attached hydrogens (tertiary/aromatic N) is 4. The number of nitrogens with one attached hydrogen (secondary N) is 2. The van der Waals surface area contributed by atoms with Crippen molar-refractivity contribution in [3.05, 3.63) is 70.9 Å². The predicted octanol–water partition coefficient (Wildman–Crippen LogP) is 3.15. The van der Waals surface area contributed by atoms with Crippen LogP contribution in [0.15, 0.2) is 53.9 Å². The number of aliphatic imine (C=N–C) groups is 1. The Balaban J connectivity index is 1.68. The fraction of sp³-hybridized carbons (Fsp3) is 0.211. The monoisotopic (exact) mass is 428 g/mol. The Bertz CT molecular complexity index is 1040. The largest absolute Gasteiger partial charge is 0.386 e. The van der Waals surface area contributed by atoms with Gasteiger partial charge in [-0.1, -0.05) is 35.5 Å². The normalized spacial score (nSPS) is 19.6. The van der Waals surface area contributed by atoms with Crippen molar-refractivity contribution in [1.82, 2.24) is 20.2 Å². The van der Waals surface area contributed by atoms with E-state index in [9.17, 15) is 9.90 Å². The van der Waals surface area contributed by atoms with Gasteiger partial charge in [0.05, 0.1) is 10.3 Å². The van der Waals surface area contributed by atoms with Crippen molar-refractivity contribution in [2.24, 2.45) is 4.99 Å². The highest BCUT2D eigenvalue weighted by atomic mass is 35.5. The molecule has 0 radical (unpaired) electrons. The minimum Gasteiger partial charge on any atom is -0.386 e. The summed E-state index contributed by atoms with van der Waals surface area (Å²) < 4.78 is 0. The zero-order valence-electron chi connectivity index (χ0n) is 15.3. The number of carbonyl (C=O) groups is 1. The highest BCUT2D eigenvalue weighted by Crippen LogP contribution is 2.45. The van der Waals surface area contributed by atoms with Crippen LogP contribution in [0.2, 0.25) is 5.02 Å². The predicted molar refractivity (Wildman–Crippen MR) is 112 cm³/mol. The molecule has 8 nitrogen and oxygen atoms in total. The van der Waals surface area contributed by atoms with Gasteiger partial charge in [-0.3, -0.25) is 14.9 Å². The van der Waals surface area contributed by atoms with Crippen molar-refractivity contribution < 1.29 is 9.90 Å². The molecule has 2 aromatic heterocycles. The van der Waals surface area contributed by atoms with Crippen LogP contribution >= 0.6 is 23.4 Å². The second kappa shape index (κ2) is 8.32. The van der Waals surface area contributed by atoms with E-state index in [-0.39, 0.29) is 11.2 Å². The van der Waals surface area contributed by atoms with Crippen LogP contribution in [0, 0.1) is 0 Å². The standard InChI is InChI=1S/C19H17ClN6O2S/c1-10(27)24-14-8-12(6-7-21-14)19-25-15(17(29-19)18-22-9-23-26-18)16(28)11-2-4-13(20)5-3-11/h2-9,15-17,28H,1H3,(H,21,24,27)(H,22,23,26). The Labute approximate surface area is 175 Å². The molecule has 1 aliphatic heterocycles. The lowest BCUT2D eigenvalue weighted by Gasteiger charge is -2.21. The number of aliphatic hydroxyl groups excluding tert-OH is 1. The molecule has 0 bridgehead atoms. The second-order valence-corrected chi connectivity index (χ2v) is 8.01. The maximum atomic E-state index is 11.3. The number of amides is 1. The maximum Gasteiger partial charge on any atom is 0.222 e. The molecule has 1 amide bonds. The van der Waals surface area contributed by atoms with E-state index in [1.165, 1.54) is 25.0 Å². The Kier molecular flexibility index (Phi) is 5.61. The van der Waals surface area contributed by atoms with Crippen LogP contribution in [0.1, 0.15) is 35.2 Å². The first-order chi connectivity index (χ1) is 14.0. The van der Waals surface area contributed by atoms with E-state index < -0.39 is 12.1 Å². The van der Waals surface area contributed by atoms with Gasteiger partial charge in [-0.2, -0.15) is 5.10 Å². The molecule has 1 aromatic carbocycles. The molecular weight excluding hydrogens is 412 g/mol. The molecule has 0 aliphatic carbocycles. The number of hydrogen-bond acceptors (Lipinski definition) is 7. The van der Waals surface area contributed by atoms with Gasteiger partial charge in [0.2, 0.25) is 5.91 Å². The molecule has 3 heterocycles. The van der Waals surface area contributed by atoms with E-state index in [0.717, 1.165) is 10.6 Å². The van der Waals surface area contributed by atoms with Gasteiger partial charge in [-0.05, 0) is 29.8 Å². The molecule has 0 spiro atoms. The molecule has 3 unspecified atom stereocenters. The number of thioether (sulfide) groups is 1. The summed E-state index contributed by atoms with van der Waals surface area (Å²) in [6.45, 7) is 1.43. The molecule has 29 heavy (non-hydrogen) atoms. The Morgan fingerprint density at radius 2 is 2.07 bits per heavy atom. The molecule has 3 atom stereocenters. The molecule has 3 aromatic rings. The summed E-state index contributed by atoms with van der Waals surface area (Å²) >= 11 is 7.44. The van der Waals surface area contributed by atoms with Crippen LogP contribution in [-0.2, 0) is 4.79 Å². The van der Waals surface area contributed by atoms with Crippen molar-refractivity contribution in [3.63, 3.8) is 0 Å². The molecule has 1 aliphatic rings. The van der Waals surface area contributed by atoms with E-state index in [4.69, 9.17) is 16.6 Å². The second-order valence-electron chi connectivity index (χ2n) is 6.44. The van der Waals surface area contributed by atoms with Gasteiger partial charge in [0.15, 0.2) is 0 Å². The summed E-state index contributed by atoms with van der Waals surface area (Å²) in [4.78, 5) is 24.5. The lowest BCUT2D eigenvalue weighted by molar-refractivity contribution is -0.114. The molecule has 10 heteroatoms. The Morgan fingerprint density at radius 1 is 1.28 bits per heavy atom. The number of aromatic nitrogens is 4. The number of hydrogen-bond donors (Lipinski definition) is 3. The molecule has 0 saturated carbocycles. The average molecular weight is 429 g/mol. The van der Waals surface area contributed by atoms with Gasteiger partial charge in [-0.25, -0.2) is 9.97 Å². The average Bonchev–Trinajstić information content (AvgIpc) is 3.37. The molecule has 3 N–H and O–H groups in total. The number of rotatable bonds is 5. The molecule has 0 fully saturated rings. The fourth-order valence-electron chi connectivity index (χ4n) is 3.04. The minimum atomic E-state index is -0.857. The first-order valence-electron chi connectivity index (χ1n) is 8.78. The molecular formula is C19H17ClN6O2S. The number of H-pyrrole nitrogens is 1. The van der Waals surface area contributed by atoms with E-state index in [0.29, 0.717) is 22.2 Å². The summed E-state index contributed by atoms with van der Waals surface area (Å²) in [5.74, 6) is 0.866. The van der Waals surface area contributed by atoms with Crippen LogP contribution in [-0.4, -0.2) is 42.3 Å². The number of halogens is 1. The van der Waals surface area contributed by atoms with E-state index in [1.807, 2.05) is 6.07 Å². The van der Waals surface area contributed by atoms with Crippen molar-refractivity contribution >= 4 is 40.1 Å². The lowest BCUT2D eigenvalue weighted by Crippen LogP contribution is -2.21. The third-order valence-electron chi connectivity index (χ3n) is 4.36. The fourth-order valence-corrected chi connectivity index (χ4v) is 4.43. The van der Waals surface area contributed by atoms with Crippen LogP contribution in [0.3, 0.4) is 0 Å². The zero-order valence-corrected chi connectivity index (χ0v) is 16.9. The van der Waals surface area contributed by atoms with Crippen LogP contribution in [0.25, 0.3) is 0 Å². The summed E-state index contributed by atoms with van der Waals surface area (Å²) in [6, 6.07) is 10.1. The van der Waals surface area contributed by atoms with E-state index in [1.54, 1.807) is 36.5 Å². The zero-order chi connectivity index (χ0) is 20.4. The number of aliphatic hydroxyl groups is 1. The summed E-state index contributed by atoms with van der Waals surface area (Å²) in [5.41, 5.74) is 1.51. The SMILES string of the molecule is CC(=O)Nc1cc(C2=NC(C(O)c3ccc(Cl)cc3)C(c3ncn[nH]3)S2)ccn1. The van der Waals surface area contributed by atoms with Gasteiger partial charge in [0.1, 0.15) is 30.1 Å². The van der Waals surface area contributed by atoms with Crippen molar-refractivity contribution in [2.45, 2.75) is 24.3 Å². The summed E-state index contributed by atoms with van der Waals surface area (Å²) in [5, 5.41) is 21.6. The maximum absolute atomic E-state index is 11.3. The van der Waals surface area contributed by atoms with E-state index in [2.05, 4.69) is 25.5 Å². The number of anilines is 1. The van der Waals surface area contributed by atoms with Crippen molar-refractivity contribution in [1.29, 1.82) is 0 Å². The smallest absolute Gasteiger partial charge is 0.222 e. The summed E-state index contributed by atoms with van der Waals surface area (Å²) in [7, 11) is 0. The van der Waals surface area contributed by atoms with Crippen LogP contribution < -0.4 is 5.32 Å². The van der Waals surface area contributed by atoms with E-state index >= 15 is 0 Å². The summed E-state index contributed by atoms with van der Waals surface area (Å²) in [6.07, 6.45) is 2.18. The Morgan fingerprint density at radius 3 is 2.76 bits per heavy atom. The Hall–Kier alpha value is -2.75. The van der Waals surface area contributed by atoms with Crippen LogP contribution in [0.5, 0.6) is 0 Å². The van der Waals surface area contributed by atoms with Gasteiger partial charge in [0.25, 0.3) is 0 Å². The first-order valence-corrected chi connectivity index (χ1v) is 10.0. The number of aromatic amines is 1. The number of pyridine rings is 1. The first kappa shape index (κ1) is 19.6. The third kappa shape index (κ3) is 4.31. The lowest BCUT2D eigenvalue weighted by atomic mass is 9.99. The quantitative estimate of drug-likeness (QED) is 0.574. The molecule has 4 rings (SSSR count). The van der Waals surface area contributed by atoms with Gasteiger partial charge >= 0.3 is 0 Å². The van der Waals surface area contributed by atoms with Gasteiger partial charge < -0.3 is 10.4 Å². The highest BCUT2D eigenvalue weighted by molar-refractivity contribution is 8.14. The highest BCUT2D eigenvalue weighted by Gasteiger charge is 2.39.